The molecular weight excluding hydrogens is 296 g/mol. The van der Waals surface area contributed by atoms with Gasteiger partial charge in [0, 0.05) is 18.7 Å². The summed E-state index contributed by atoms with van der Waals surface area (Å²) in [4.78, 5) is 14.8. The molecule has 1 fully saturated rings. The topological polar surface area (TPSA) is 32.3 Å². The van der Waals surface area contributed by atoms with Crippen LogP contribution in [-0.2, 0) is 6.54 Å². The van der Waals surface area contributed by atoms with Crippen LogP contribution in [0.25, 0.3) is 0 Å². The molecule has 0 aromatic heterocycles. The number of nitrogens with zero attached hydrogens (tertiary/aromatic N) is 1. The van der Waals surface area contributed by atoms with Gasteiger partial charge in [-0.1, -0.05) is 49.4 Å². The first-order valence-electron chi connectivity index (χ1n) is 8.87. The lowest BCUT2D eigenvalue weighted by molar-refractivity contribution is 0.0951. The van der Waals surface area contributed by atoms with Crippen LogP contribution in [0.1, 0.15) is 47.2 Å². The minimum Gasteiger partial charge on any atom is -0.351 e. The third-order valence-electron chi connectivity index (χ3n) is 4.76. The molecule has 1 atom stereocenters. The normalized spacial score (nSPS) is 16.0. The Kier molecular flexibility index (Phi) is 5.65. The fraction of sp³-hybridized carbons (Fsp3) is 0.381. The van der Waals surface area contributed by atoms with E-state index in [1.54, 1.807) is 0 Å². The summed E-state index contributed by atoms with van der Waals surface area (Å²) in [5, 5.41) is 3.04. The van der Waals surface area contributed by atoms with Crippen LogP contribution < -0.4 is 5.32 Å². The lowest BCUT2D eigenvalue weighted by Crippen LogP contribution is -2.27. The number of carbonyl (C=O) groups is 1. The Hall–Kier alpha value is -2.13. The molecule has 0 radical (unpaired) electrons. The van der Waals surface area contributed by atoms with Crippen molar-refractivity contribution in [3.05, 3.63) is 71.3 Å². The first-order chi connectivity index (χ1) is 11.7. The van der Waals surface area contributed by atoms with Crippen molar-refractivity contribution in [2.24, 2.45) is 0 Å². The summed E-state index contributed by atoms with van der Waals surface area (Å²) in [7, 11) is 0. The number of nitrogens with one attached hydrogen (secondary N) is 1. The molecule has 1 amide bonds. The van der Waals surface area contributed by atoms with E-state index in [4.69, 9.17) is 0 Å². The van der Waals surface area contributed by atoms with Crippen LogP contribution in [-0.4, -0.2) is 30.4 Å². The molecule has 0 spiro atoms. The second kappa shape index (κ2) is 8.11. The number of rotatable bonds is 6. The predicted molar refractivity (Wildman–Crippen MR) is 98.1 cm³/mol. The summed E-state index contributed by atoms with van der Waals surface area (Å²) < 4.78 is 0. The average molecular weight is 322 g/mol. The van der Waals surface area contributed by atoms with Crippen LogP contribution in [0, 0.1) is 0 Å². The SMILES string of the molecule is CC(CNC(=O)c1ccc(CN2CCCC2)cc1)c1ccccc1. The van der Waals surface area contributed by atoms with Crippen molar-refractivity contribution in [3.63, 3.8) is 0 Å². The Labute approximate surface area is 144 Å². The standard InChI is InChI=1S/C21H26N2O/c1-17(19-7-3-2-4-8-19)15-22-21(24)20-11-9-18(10-12-20)16-23-13-5-6-14-23/h2-4,7-12,17H,5-6,13-16H2,1H3,(H,22,24). The van der Waals surface area contributed by atoms with Gasteiger partial charge in [0.05, 0.1) is 0 Å². The van der Waals surface area contributed by atoms with Crippen molar-refractivity contribution < 1.29 is 4.79 Å². The summed E-state index contributed by atoms with van der Waals surface area (Å²) in [6, 6.07) is 18.3. The maximum Gasteiger partial charge on any atom is 0.251 e. The van der Waals surface area contributed by atoms with E-state index < -0.39 is 0 Å². The lowest BCUT2D eigenvalue weighted by atomic mass is 10.0. The van der Waals surface area contributed by atoms with Gasteiger partial charge in [-0.25, -0.2) is 0 Å². The molecule has 0 bridgehead atoms. The van der Waals surface area contributed by atoms with Crippen LogP contribution in [0.15, 0.2) is 54.6 Å². The monoisotopic (exact) mass is 322 g/mol. The Morgan fingerprint density at radius 1 is 1.04 bits per heavy atom. The molecule has 1 heterocycles. The van der Waals surface area contributed by atoms with Gasteiger partial charge in [0.2, 0.25) is 0 Å². The van der Waals surface area contributed by atoms with Crippen molar-refractivity contribution >= 4 is 5.91 Å². The van der Waals surface area contributed by atoms with Crippen LogP contribution in [0.4, 0.5) is 0 Å². The highest BCUT2D eigenvalue weighted by Gasteiger charge is 2.13. The number of likely N-dealkylation sites (tertiary alicyclic amines) is 1. The second-order valence-corrected chi connectivity index (χ2v) is 6.70. The maximum absolute atomic E-state index is 12.3. The highest BCUT2D eigenvalue weighted by atomic mass is 16.1. The molecular formula is C21H26N2O. The molecule has 1 aliphatic heterocycles. The third-order valence-corrected chi connectivity index (χ3v) is 4.76. The van der Waals surface area contributed by atoms with Crippen molar-refractivity contribution in [2.45, 2.75) is 32.2 Å². The molecule has 3 nitrogen and oxygen atoms in total. The van der Waals surface area contributed by atoms with E-state index in [1.807, 2.05) is 30.3 Å². The smallest absolute Gasteiger partial charge is 0.251 e. The zero-order valence-corrected chi connectivity index (χ0v) is 14.4. The summed E-state index contributed by atoms with van der Waals surface area (Å²) in [5.74, 6) is 0.315. The first-order valence-corrected chi connectivity index (χ1v) is 8.87. The molecule has 1 saturated heterocycles. The fourth-order valence-corrected chi connectivity index (χ4v) is 3.21. The number of amides is 1. The van der Waals surface area contributed by atoms with Gasteiger partial charge in [0.1, 0.15) is 0 Å². The molecule has 0 aliphatic carbocycles. The van der Waals surface area contributed by atoms with Gasteiger partial charge in [-0.05, 0) is 55.1 Å². The molecule has 3 rings (SSSR count). The van der Waals surface area contributed by atoms with Crippen LogP contribution >= 0.6 is 0 Å². The predicted octanol–water partition coefficient (Wildman–Crippen LogP) is 3.82. The fourth-order valence-electron chi connectivity index (χ4n) is 3.21. The van der Waals surface area contributed by atoms with E-state index >= 15 is 0 Å². The number of benzene rings is 2. The van der Waals surface area contributed by atoms with Crippen LogP contribution in [0.2, 0.25) is 0 Å². The van der Waals surface area contributed by atoms with Gasteiger partial charge in [0.15, 0.2) is 0 Å². The lowest BCUT2D eigenvalue weighted by Gasteiger charge is -2.15. The molecule has 2 aromatic rings. The van der Waals surface area contributed by atoms with E-state index in [9.17, 15) is 4.79 Å². The van der Waals surface area contributed by atoms with Gasteiger partial charge in [-0.3, -0.25) is 9.69 Å². The Bertz CT molecular complexity index is 645. The molecule has 3 heteroatoms. The van der Waals surface area contributed by atoms with Crippen LogP contribution in [0.3, 0.4) is 0 Å². The summed E-state index contributed by atoms with van der Waals surface area (Å²) in [6.45, 7) is 6.17. The van der Waals surface area contributed by atoms with E-state index in [0.717, 1.165) is 12.1 Å². The maximum atomic E-state index is 12.3. The highest BCUT2D eigenvalue weighted by Crippen LogP contribution is 2.15. The summed E-state index contributed by atoms with van der Waals surface area (Å²) >= 11 is 0. The van der Waals surface area contributed by atoms with Gasteiger partial charge in [0.25, 0.3) is 5.91 Å². The quantitative estimate of drug-likeness (QED) is 0.877. The first kappa shape index (κ1) is 16.7. The van der Waals surface area contributed by atoms with Crippen molar-refractivity contribution in [1.29, 1.82) is 0 Å². The Morgan fingerprint density at radius 2 is 1.71 bits per heavy atom. The Morgan fingerprint density at radius 3 is 2.38 bits per heavy atom. The molecule has 1 unspecified atom stereocenters. The highest BCUT2D eigenvalue weighted by molar-refractivity contribution is 5.94. The van der Waals surface area contributed by atoms with Gasteiger partial charge in [-0.15, -0.1) is 0 Å². The molecule has 0 saturated carbocycles. The van der Waals surface area contributed by atoms with E-state index in [0.29, 0.717) is 12.5 Å². The zero-order valence-electron chi connectivity index (χ0n) is 14.4. The summed E-state index contributed by atoms with van der Waals surface area (Å²) in [5.41, 5.74) is 3.27. The third kappa shape index (κ3) is 4.45. The zero-order chi connectivity index (χ0) is 16.8. The van der Waals surface area contributed by atoms with Crippen molar-refractivity contribution in [2.75, 3.05) is 19.6 Å². The van der Waals surface area contributed by atoms with Crippen LogP contribution in [0.5, 0.6) is 0 Å². The second-order valence-electron chi connectivity index (χ2n) is 6.70. The Balaban J connectivity index is 1.51. The number of hydrogen-bond acceptors (Lipinski definition) is 2. The van der Waals surface area contributed by atoms with Gasteiger partial charge in [-0.2, -0.15) is 0 Å². The molecule has 126 valence electrons. The number of hydrogen-bond donors (Lipinski definition) is 1. The summed E-state index contributed by atoms with van der Waals surface area (Å²) in [6.07, 6.45) is 2.61. The van der Waals surface area contributed by atoms with Crippen molar-refractivity contribution in [3.8, 4) is 0 Å². The largest absolute Gasteiger partial charge is 0.351 e. The van der Waals surface area contributed by atoms with E-state index in [-0.39, 0.29) is 5.91 Å². The van der Waals surface area contributed by atoms with Gasteiger partial charge < -0.3 is 5.32 Å². The average Bonchev–Trinajstić information content (AvgIpc) is 3.14. The van der Waals surface area contributed by atoms with E-state index in [2.05, 4.69) is 41.4 Å². The minimum atomic E-state index is 0.00510. The minimum absolute atomic E-state index is 0.00510. The van der Waals surface area contributed by atoms with Crippen molar-refractivity contribution in [1.82, 2.24) is 10.2 Å². The molecule has 2 aromatic carbocycles. The number of carbonyl (C=O) groups excluding carboxylic acids is 1. The molecule has 1 aliphatic rings. The van der Waals surface area contributed by atoms with E-state index in [1.165, 1.54) is 37.1 Å². The molecule has 24 heavy (non-hydrogen) atoms. The van der Waals surface area contributed by atoms with Gasteiger partial charge >= 0.3 is 0 Å². The molecule has 1 N–H and O–H groups in total.